The lowest BCUT2D eigenvalue weighted by atomic mass is 10.1. The second kappa shape index (κ2) is 9.26. The van der Waals surface area contributed by atoms with Crippen LogP contribution in [0.1, 0.15) is 38.2 Å². The average molecular weight is 381 g/mol. The molecule has 6 nitrogen and oxygen atoms in total. The van der Waals surface area contributed by atoms with E-state index in [-0.39, 0.29) is 11.9 Å². The van der Waals surface area contributed by atoms with Crippen LogP contribution in [-0.2, 0) is 4.79 Å². The molecule has 0 aromatic heterocycles. The molecular formula is C22H27N3O3. The second-order valence-corrected chi connectivity index (χ2v) is 6.96. The summed E-state index contributed by atoms with van der Waals surface area (Å²) in [6.07, 6.45) is 3.56. The van der Waals surface area contributed by atoms with E-state index in [1.54, 1.807) is 4.90 Å². The first-order valence-electron chi connectivity index (χ1n) is 9.78. The van der Waals surface area contributed by atoms with Crippen LogP contribution in [0.5, 0.6) is 5.75 Å². The summed E-state index contributed by atoms with van der Waals surface area (Å²) in [6.45, 7) is 5.50. The molecule has 1 aliphatic heterocycles. The summed E-state index contributed by atoms with van der Waals surface area (Å²) in [7, 11) is 0. The quantitative estimate of drug-likeness (QED) is 0.667. The molecule has 0 saturated carbocycles. The monoisotopic (exact) mass is 381 g/mol. The van der Waals surface area contributed by atoms with Crippen molar-refractivity contribution in [2.45, 2.75) is 39.5 Å². The topological polar surface area (TPSA) is 70.7 Å². The number of hydrogen-bond acceptors (Lipinski definition) is 3. The largest absolute Gasteiger partial charge is 0.494 e. The minimum absolute atomic E-state index is 0.131. The molecule has 3 amide bonds. The fourth-order valence-electron chi connectivity index (χ4n) is 3.14. The van der Waals surface area contributed by atoms with Gasteiger partial charge < -0.3 is 20.3 Å². The second-order valence-electron chi connectivity index (χ2n) is 6.96. The van der Waals surface area contributed by atoms with Gasteiger partial charge in [0, 0.05) is 30.0 Å². The number of rotatable bonds is 7. The maximum Gasteiger partial charge on any atom is 0.323 e. The van der Waals surface area contributed by atoms with Crippen molar-refractivity contribution >= 4 is 29.0 Å². The maximum absolute atomic E-state index is 12.3. The molecule has 1 fully saturated rings. The van der Waals surface area contributed by atoms with Gasteiger partial charge >= 0.3 is 6.03 Å². The van der Waals surface area contributed by atoms with E-state index in [1.165, 1.54) is 0 Å². The Labute approximate surface area is 165 Å². The molecule has 6 heteroatoms. The number of amides is 3. The van der Waals surface area contributed by atoms with Crippen LogP contribution in [0.4, 0.5) is 21.9 Å². The number of aryl methyl sites for hydroxylation is 1. The van der Waals surface area contributed by atoms with E-state index in [0.717, 1.165) is 42.8 Å². The van der Waals surface area contributed by atoms with Gasteiger partial charge in [-0.1, -0.05) is 19.4 Å². The summed E-state index contributed by atoms with van der Waals surface area (Å²) in [5.41, 5.74) is 3.20. The Hall–Kier alpha value is -3.02. The first kappa shape index (κ1) is 19.7. The SMILES string of the molecule is CCCCOc1ccc(NC(=O)Nc2ccc(C)c(N3CCCC3=O)c2)cc1. The summed E-state index contributed by atoms with van der Waals surface area (Å²) >= 11 is 0. The number of unbranched alkanes of at least 4 members (excludes halogenated alkanes) is 1. The Morgan fingerprint density at radius 3 is 2.50 bits per heavy atom. The van der Waals surface area contributed by atoms with E-state index >= 15 is 0 Å². The van der Waals surface area contributed by atoms with Gasteiger partial charge in [-0.05, 0) is 61.7 Å². The summed E-state index contributed by atoms with van der Waals surface area (Å²) in [6, 6.07) is 12.6. The lowest BCUT2D eigenvalue weighted by Crippen LogP contribution is -2.25. The molecule has 1 aliphatic rings. The van der Waals surface area contributed by atoms with E-state index in [9.17, 15) is 9.59 Å². The summed E-state index contributed by atoms with van der Waals surface area (Å²) < 4.78 is 5.62. The van der Waals surface area contributed by atoms with Crippen LogP contribution in [0.25, 0.3) is 0 Å². The van der Waals surface area contributed by atoms with Crippen molar-refractivity contribution in [1.29, 1.82) is 0 Å². The Morgan fingerprint density at radius 1 is 1.11 bits per heavy atom. The van der Waals surface area contributed by atoms with E-state index in [1.807, 2.05) is 49.4 Å². The number of carbonyl (C=O) groups is 2. The third-order valence-electron chi connectivity index (χ3n) is 4.71. The zero-order chi connectivity index (χ0) is 19.9. The van der Waals surface area contributed by atoms with Crippen molar-refractivity contribution in [2.24, 2.45) is 0 Å². The lowest BCUT2D eigenvalue weighted by molar-refractivity contribution is -0.117. The highest BCUT2D eigenvalue weighted by Crippen LogP contribution is 2.28. The number of nitrogens with zero attached hydrogens (tertiary/aromatic N) is 1. The van der Waals surface area contributed by atoms with Gasteiger partial charge in [0.05, 0.1) is 6.61 Å². The Bertz CT molecular complexity index is 833. The van der Waals surface area contributed by atoms with Gasteiger partial charge in [-0.3, -0.25) is 4.79 Å². The number of carbonyl (C=O) groups excluding carboxylic acids is 2. The first-order valence-corrected chi connectivity index (χ1v) is 9.78. The minimum atomic E-state index is -0.331. The molecule has 3 rings (SSSR count). The van der Waals surface area contributed by atoms with Crippen LogP contribution < -0.4 is 20.3 Å². The predicted molar refractivity (Wildman–Crippen MR) is 112 cm³/mol. The zero-order valence-corrected chi connectivity index (χ0v) is 16.5. The Balaban J connectivity index is 1.59. The molecule has 0 unspecified atom stereocenters. The summed E-state index contributed by atoms with van der Waals surface area (Å²) in [4.78, 5) is 26.1. The van der Waals surface area contributed by atoms with E-state index < -0.39 is 0 Å². The highest BCUT2D eigenvalue weighted by Gasteiger charge is 2.23. The Kier molecular flexibility index (Phi) is 6.53. The number of hydrogen-bond donors (Lipinski definition) is 2. The summed E-state index contributed by atoms with van der Waals surface area (Å²) in [5, 5.41) is 5.64. The molecule has 0 atom stereocenters. The predicted octanol–water partition coefficient (Wildman–Crippen LogP) is 4.94. The van der Waals surface area contributed by atoms with Gasteiger partial charge in [0.2, 0.25) is 5.91 Å². The van der Waals surface area contributed by atoms with Crippen LogP contribution in [-0.4, -0.2) is 25.1 Å². The molecule has 1 heterocycles. The number of anilines is 3. The van der Waals surface area contributed by atoms with Gasteiger partial charge in [0.1, 0.15) is 5.75 Å². The fraction of sp³-hybridized carbons (Fsp3) is 0.364. The van der Waals surface area contributed by atoms with E-state index in [2.05, 4.69) is 17.6 Å². The van der Waals surface area contributed by atoms with E-state index in [4.69, 9.17) is 4.74 Å². The molecule has 0 spiro atoms. The third kappa shape index (κ3) is 5.03. The van der Waals surface area contributed by atoms with Crippen LogP contribution in [0.3, 0.4) is 0 Å². The summed E-state index contributed by atoms with van der Waals surface area (Å²) in [5.74, 6) is 0.920. The molecule has 2 aromatic rings. The number of urea groups is 1. The molecule has 148 valence electrons. The third-order valence-corrected chi connectivity index (χ3v) is 4.71. The molecule has 2 N–H and O–H groups in total. The molecular weight excluding hydrogens is 354 g/mol. The standard InChI is InChI=1S/C22H27N3O3/c1-3-4-14-28-19-11-9-17(10-12-19)23-22(27)24-18-8-7-16(2)20(15-18)25-13-5-6-21(25)26/h7-12,15H,3-6,13-14H2,1-2H3,(H2,23,24,27). The smallest absolute Gasteiger partial charge is 0.323 e. The molecule has 1 saturated heterocycles. The van der Waals surface area contributed by atoms with Crippen molar-refractivity contribution in [2.75, 3.05) is 28.7 Å². The van der Waals surface area contributed by atoms with Crippen molar-refractivity contribution in [1.82, 2.24) is 0 Å². The van der Waals surface area contributed by atoms with Gasteiger partial charge in [0.25, 0.3) is 0 Å². The van der Waals surface area contributed by atoms with Crippen molar-refractivity contribution < 1.29 is 14.3 Å². The number of nitrogens with one attached hydrogen (secondary N) is 2. The molecule has 0 radical (unpaired) electrons. The van der Waals surface area contributed by atoms with Gasteiger partial charge in [-0.2, -0.15) is 0 Å². The molecule has 0 bridgehead atoms. The molecule has 28 heavy (non-hydrogen) atoms. The van der Waals surface area contributed by atoms with E-state index in [0.29, 0.717) is 24.4 Å². The number of ether oxygens (including phenoxy) is 1. The lowest BCUT2D eigenvalue weighted by Gasteiger charge is -2.19. The highest BCUT2D eigenvalue weighted by atomic mass is 16.5. The highest BCUT2D eigenvalue weighted by molar-refractivity contribution is 6.01. The first-order chi connectivity index (χ1) is 13.6. The normalized spacial score (nSPS) is 13.5. The number of benzene rings is 2. The van der Waals surface area contributed by atoms with Crippen LogP contribution in [0.2, 0.25) is 0 Å². The minimum Gasteiger partial charge on any atom is -0.494 e. The van der Waals surface area contributed by atoms with Crippen molar-refractivity contribution in [3.8, 4) is 5.75 Å². The average Bonchev–Trinajstić information content (AvgIpc) is 3.10. The van der Waals surface area contributed by atoms with Gasteiger partial charge in [0.15, 0.2) is 0 Å². The van der Waals surface area contributed by atoms with Crippen molar-refractivity contribution in [3.05, 3.63) is 48.0 Å². The van der Waals surface area contributed by atoms with Gasteiger partial charge in [-0.25, -0.2) is 4.79 Å². The zero-order valence-electron chi connectivity index (χ0n) is 16.5. The maximum atomic E-state index is 12.3. The molecule has 2 aromatic carbocycles. The molecule has 0 aliphatic carbocycles. The fourth-order valence-corrected chi connectivity index (χ4v) is 3.14. The van der Waals surface area contributed by atoms with Crippen LogP contribution in [0, 0.1) is 6.92 Å². The Morgan fingerprint density at radius 2 is 1.82 bits per heavy atom. The van der Waals surface area contributed by atoms with Gasteiger partial charge in [-0.15, -0.1) is 0 Å². The van der Waals surface area contributed by atoms with Crippen LogP contribution >= 0.6 is 0 Å². The van der Waals surface area contributed by atoms with Crippen molar-refractivity contribution in [3.63, 3.8) is 0 Å². The van der Waals surface area contributed by atoms with Crippen LogP contribution in [0.15, 0.2) is 42.5 Å².